The summed E-state index contributed by atoms with van der Waals surface area (Å²) in [6.45, 7) is 3.94. The second kappa shape index (κ2) is 6.40. The van der Waals surface area contributed by atoms with E-state index in [1.807, 2.05) is 25.1 Å². The van der Waals surface area contributed by atoms with E-state index in [-0.39, 0.29) is 18.5 Å². The van der Waals surface area contributed by atoms with Gasteiger partial charge < -0.3 is 14.4 Å². The lowest BCUT2D eigenvalue weighted by molar-refractivity contribution is -0.144. The smallest absolute Gasteiger partial charge is 0.308 e. The number of aryl methyl sites for hydroxylation is 1. The van der Waals surface area contributed by atoms with E-state index in [9.17, 15) is 4.79 Å². The minimum atomic E-state index is -0.257. The van der Waals surface area contributed by atoms with Crippen molar-refractivity contribution >= 4 is 11.7 Å². The van der Waals surface area contributed by atoms with Gasteiger partial charge in [0.05, 0.1) is 37.9 Å². The minimum absolute atomic E-state index is 0.146. The fourth-order valence-electron chi connectivity index (χ4n) is 2.32. The number of benzene rings is 1. The summed E-state index contributed by atoms with van der Waals surface area (Å²) in [4.78, 5) is 13.5. The van der Waals surface area contributed by atoms with E-state index in [0.717, 1.165) is 17.8 Å². The molecule has 1 aliphatic heterocycles. The molecule has 1 aromatic rings. The Balaban J connectivity index is 2.07. The van der Waals surface area contributed by atoms with Gasteiger partial charge in [0.1, 0.15) is 0 Å². The van der Waals surface area contributed by atoms with Crippen molar-refractivity contribution in [1.82, 2.24) is 0 Å². The third kappa shape index (κ3) is 3.28. The summed E-state index contributed by atoms with van der Waals surface area (Å²) in [6.07, 6.45) is 0.120. The normalized spacial score (nSPS) is 18.4. The Kier molecular flexibility index (Phi) is 4.59. The molecule has 0 bridgehead atoms. The standard InChI is InChI=1S/C15H18N2O3/c1-11-7-13(4-3-12(11)9-16)17-5-6-20-14(10-17)8-15(18)19-2/h3-4,7,14H,5-6,8,10H2,1-2H3. The van der Waals surface area contributed by atoms with Gasteiger partial charge in [-0.1, -0.05) is 0 Å². The first-order valence-electron chi connectivity index (χ1n) is 6.58. The zero-order chi connectivity index (χ0) is 14.5. The summed E-state index contributed by atoms with van der Waals surface area (Å²) in [5, 5.41) is 8.95. The summed E-state index contributed by atoms with van der Waals surface area (Å²) >= 11 is 0. The molecule has 20 heavy (non-hydrogen) atoms. The first-order chi connectivity index (χ1) is 9.63. The first-order valence-corrected chi connectivity index (χ1v) is 6.58. The predicted octanol–water partition coefficient (Wildman–Crippen LogP) is 1.64. The van der Waals surface area contributed by atoms with Crippen molar-refractivity contribution in [2.24, 2.45) is 0 Å². The molecule has 5 heteroatoms. The van der Waals surface area contributed by atoms with Crippen LogP contribution in [0.4, 0.5) is 5.69 Å². The highest BCUT2D eigenvalue weighted by Crippen LogP contribution is 2.22. The molecule has 1 saturated heterocycles. The number of carbonyl (C=O) groups is 1. The lowest BCUT2D eigenvalue weighted by atomic mass is 10.1. The second-order valence-corrected chi connectivity index (χ2v) is 4.83. The first kappa shape index (κ1) is 14.4. The van der Waals surface area contributed by atoms with E-state index in [2.05, 4.69) is 15.7 Å². The summed E-state index contributed by atoms with van der Waals surface area (Å²) in [5.74, 6) is -0.257. The van der Waals surface area contributed by atoms with Gasteiger partial charge in [0.25, 0.3) is 0 Å². The number of rotatable bonds is 3. The number of carbonyl (C=O) groups excluding carboxylic acids is 1. The number of methoxy groups -OCH3 is 1. The van der Waals surface area contributed by atoms with Crippen molar-refractivity contribution in [2.75, 3.05) is 31.7 Å². The molecule has 0 saturated carbocycles. The summed E-state index contributed by atoms with van der Waals surface area (Å²) < 4.78 is 10.3. The largest absolute Gasteiger partial charge is 0.469 e. The molecule has 0 aliphatic carbocycles. The van der Waals surface area contributed by atoms with Gasteiger partial charge in [-0.3, -0.25) is 4.79 Å². The van der Waals surface area contributed by atoms with Crippen molar-refractivity contribution in [3.8, 4) is 6.07 Å². The van der Waals surface area contributed by atoms with Crippen LogP contribution in [0.3, 0.4) is 0 Å². The Morgan fingerprint density at radius 2 is 2.40 bits per heavy atom. The average Bonchev–Trinajstić information content (AvgIpc) is 2.47. The number of esters is 1. The van der Waals surface area contributed by atoms with Gasteiger partial charge in [0, 0.05) is 18.8 Å². The van der Waals surface area contributed by atoms with Crippen LogP contribution < -0.4 is 4.90 Å². The Morgan fingerprint density at radius 1 is 1.60 bits per heavy atom. The third-order valence-corrected chi connectivity index (χ3v) is 3.46. The summed E-state index contributed by atoms with van der Waals surface area (Å²) in [7, 11) is 1.38. The maximum atomic E-state index is 11.3. The molecule has 5 nitrogen and oxygen atoms in total. The SMILES string of the molecule is COC(=O)CC1CN(c2ccc(C#N)c(C)c2)CCO1. The molecule has 106 valence electrons. The second-order valence-electron chi connectivity index (χ2n) is 4.83. The van der Waals surface area contributed by atoms with Gasteiger partial charge in [-0.05, 0) is 30.7 Å². The lowest BCUT2D eigenvalue weighted by Gasteiger charge is -2.34. The molecule has 0 radical (unpaired) electrons. The van der Waals surface area contributed by atoms with E-state index < -0.39 is 0 Å². The molecule has 1 aliphatic rings. The van der Waals surface area contributed by atoms with Crippen LogP contribution in [0.1, 0.15) is 17.5 Å². The van der Waals surface area contributed by atoms with Gasteiger partial charge in [-0.25, -0.2) is 0 Å². The molecule has 1 fully saturated rings. The number of anilines is 1. The lowest BCUT2D eigenvalue weighted by Crippen LogP contribution is -2.43. The number of ether oxygens (including phenoxy) is 2. The molecule has 1 aromatic carbocycles. The minimum Gasteiger partial charge on any atom is -0.469 e. The van der Waals surface area contributed by atoms with Gasteiger partial charge in [0.2, 0.25) is 0 Å². The van der Waals surface area contributed by atoms with E-state index in [4.69, 9.17) is 10.00 Å². The van der Waals surface area contributed by atoms with Crippen LogP contribution in [0.2, 0.25) is 0 Å². The van der Waals surface area contributed by atoms with Crippen molar-refractivity contribution in [1.29, 1.82) is 5.26 Å². The van der Waals surface area contributed by atoms with Crippen LogP contribution in [0.5, 0.6) is 0 Å². The Morgan fingerprint density at radius 3 is 3.05 bits per heavy atom. The molecule has 1 atom stereocenters. The van der Waals surface area contributed by atoms with Crippen LogP contribution in [0.15, 0.2) is 18.2 Å². The maximum absolute atomic E-state index is 11.3. The molecule has 2 rings (SSSR count). The van der Waals surface area contributed by atoms with Gasteiger partial charge in [0.15, 0.2) is 0 Å². The van der Waals surface area contributed by atoms with Gasteiger partial charge >= 0.3 is 5.97 Å². The Labute approximate surface area is 118 Å². The number of morpholine rings is 1. The number of nitrogens with zero attached hydrogens (tertiary/aromatic N) is 2. The number of hydrogen-bond acceptors (Lipinski definition) is 5. The fraction of sp³-hybridized carbons (Fsp3) is 0.467. The third-order valence-electron chi connectivity index (χ3n) is 3.46. The zero-order valence-corrected chi connectivity index (χ0v) is 11.8. The monoisotopic (exact) mass is 274 g/mol. The molecule has 1 heterocycles. The molecule has 0 amide bonds. The average molecular weight is 274 g/mol. The van der Waals surface area contributed by atoms with E-state index >= 15 is 0 Å². The van der Waals surface area contributed by atoms with Gasteiger partial charge in [-0.2, -0.15) is 5.26 Å². The van der Waals surface area contributed by atoms with Crippen LogP contribution in [-0.2, 0) is 14.3 Å². The molecular formula is C15H18N2O3. The molecule has 0 spiro atoms. The Hall–Kier alpha value is -2.06. The topological polar surface area (TPSA) is 62.6 Å². The van der Waals surface area contributed by atoms with Crippen molar-refractivity contribution in [3.63, 3.8) is 0 Å². The quantitative estimate of drug-likeness (QED) is 0.784. The van der Waals surface area contributed by atoms with E-state index in [1.165, 1.54) is 7.11 Å². The molecular weight excluding hydrogens is 256 g/mol. The molecule has 0 aromatic heterocycles. The van der Waals surface area contributed by atoms with Crippen molar-refractivity contribution in [3.05, 3.63) is 29.3 Å². The maximum Gasteiger partial charge on any atom is 0.308 e. The van der Waals surface area contributed by atoms with E-state index in [0.29, 0.717) is 18.7 Å². The van der Waals surface area contributed by atoms with Crippen LogP contribution in [0, 0.1) is 18.3 Å². The zero-order valence-electron chi connectivity index (χ0n) is 11.8. The van der Waals surface area contributed by atoms with E-state index in [1.54, 1.807) is 0 Å². The summed E-state index contributed by atoms with van der Waals surface area (Å²) in [6, 6.07) is 7.93. The van der Waals surface area contributed by atoms with Crippen LogP contribution in [0.25, 0.3) is 0 Å². The highest BCUT2D eigenvalue weighted by molar-refractivity contribution is 5.70. The Bertz CT molecular complexity index is 536. The highest BCUT2D eigenvalue weighted by Gasteiger charge is 2.23. The predicted molar refractivity (Wildman–Crippen MR) is 74.5 cm³/mol. The molecule has 0 N–H and O–H groups in total. The fourth-order valence-corrected chi connectivity index (χ4v) is 2.32. The highest BCUT2D eigenvalue weighted by atomic mass is 16.5. The van der Waals surface area contributed by atoms with Crippen LogP contribution in [-0.4, -0.2) is 38.9 Å². The van der Waals surface area contributed by atoms with Crippen molar-refractivity contribution < 1.29 is 14.3 Å². The number of nitriles is 1. The van der Waals surface area contributed by atoms with Gasteiger partial charge in [-0.15, -0.1) is 0 Å². The summed E-state index contributed by atoms with van der Waals surface area (Å²) in [5.41, 5.74) is 2.70. The van der Waals surface area contributed by atoms with Crippen LogP contribution >= 0.6 is 0 Å². The van der Waals surface area contributed by atoms with Crippen molar-refractivity contribution in [2.45, 2.75) is 19.4 Å². The number of hydrogen-bond donors (Lipinski definition) is 0. The molecule has 1 unspecified atom stereocenters.